The topological polar surface area (TPSA) is 87.4 Å². The summed E-state index contributed by atoms with van der Waals surface area (Å²) in [6.07, 6.45) is 3.66. The molecule has 0 aliphatic carbocycles. The molecular weight excluding hydrogens is 366 g/mol. The molecule has 9 heteroatoms. The molecule has 28 heavy (non-hydrogen) atoms. The van der Waals surface area contributed by atoms with E-state index in [1.165, 1.54) is 6.20 Å². The molecule has 0 aromatic carbocycles. The molecule has 2 unspecified atom stereocenters. The standard InChI is InChI=1S/C19H22F2N6O/c1-19(2,28)11-3-4-16-23-9-15(27(16)10-11)17-13(21)7-24-18(26-17)25-14-8-22-6-5-12(14)20/h3-4,7,9-10,12,14,22,28H,5-6,8H2,1-2H3,(H,24,25,26). The Bertz CT molecular complexity index is 1000. The summed E-state index contributed by atoms with van der Waals surface area (Å²) in [4.78, 5) is 12.5. The first-order valence-corrected chi connectivity index (χ1v) is 9.17. The van der Waals surface area contributed by atoms with E-state index in [1.54, 1.807) is 36.6 Å². The van der Waals surface area contributed by atoms with Crippen LogP contribution in [-0.2, 0) is 5.60 Å². The van der Waals surface area contributed by atoms with E-state index in [9.17, 15) is 13.9 Å². The van der Waals surface area contributed by atoms with E-state index in [4.69, 9.17) is 0 Å². The average Bonchev–Trinajstić information content (AvgIpc) is 3.07. The number of nitrogens with one attached hydrogen (secondary N) is 2. The number of halogens is 2. The van der Waals surface area contributed by atoms with Gasteiger partial charge < -0.3 is 15.7 Å². The van der Waals surface area contributed by atoms with Gasteiger partial charge >= 0.3 is 0 Å². The molecule has 148 valence electrons. The van der Waals surface area contributed by atoms with Crippen LogP contribution in [-0.4, -0.2) is 49.8 Å². The lowest BCUT2D eigenvalue weighted by Crippen LogP contribution is -2.46. The van der Waals surface area contributed by atoms with E-state index in [1.807, 2.05) is 0 Å². The van der Waals surface area contributed by atoms with Crippen LogP contribution in [0.2, 0.25) is 0 Å². The number of pyridine rings is 1. The van der Waals surface area contributed by atoms with E-state index in [0.717, 1.165) is 6.20 Å². The van der Waals surface area contributed by atoms with E-state index < -0.39 is 23.6 Å². The predicted octanol–water partition coefficient (Wildman–Crippen LogP) is 2.27. The molecule has 3 aromatic rings. The highest BCUT2D eigenvalue weighted by Gasteiger charge is 2.26. The lowest BCUT2D eigenvalue weighted by Gasteiger charge is -2.27. The smallest absolute Gasteiger partial charge is 0.223 e. The molecule has 1 fully saturated rings. The number of aromatic nitrogens is 4. The Morgan fingerprint density at radius 1 is 1.29 bits per heavy atom. The van der Waals surface area contributed by atoms with E-state index in [0.29, 0.717) is 36.4 Å². The maximum absolute atomic E-state index is 14.5. The molecule has 0 amide bonds. The number of aliphatic hydroxyl groups is 1. The Hall–Kier alpha value is -2.65. The van der Waals surface area contributed by atoms with Crippen molar-refractivity contribution in [3.63, 3.8) is 0 Å². The lowest BCUT2D eigenvalue weighted by molar-refractivity contribution is 0.0781. The molecule has 0 spiro atoms. The summed E-state index contributed by atoms with van der Waals surface area (Å²) in [6, 6.07) is 3.04. The average molecular weight is 388 g/mol. The summed E-state index contributed by atoms with van der Waals surface area (Å²) < 4.78 is 30.3. The molecule has 1 aliphatic rings. The monoisotopic (exact) mass is 388 g/mol. The van der Waals surface area contributed by atoms with E-state index in [2.05, 4.69) is 25.6 Å². The summed E-state index contributed by atoms with van der Waals surface area (Å²) in [7, 11) is 0. The van der Waals surface area contributed by atoms with Crippen molar-refractivity contribution in [3.8, 4) is 11.4 Å². The molecular formula is C19H22F2N6O. The Balaban J connectivity index is 1.72. The van der Waals surface area contributed by atoms with Crippen LogP contribution < -0.4 is 10.6 Å². The molecule has 1 aliphatic heterocycles. The fraction of sp³-hybridized carbons (Fsp3) is 0.421. The quantitative estimate of drug-likeness (QED) is 0.636. The highest BCUT2D eigenvalue weighted by Crippen LogP contribution is 2.26. The number of nitrogens with zero attached hydrogens (tertiary/aromatic N) is 4. The lowest BCUT2D eigenvalue weighted by atomic mass is 10.0. The van der Waals surface area contributed by atoms with Gasteiger partial charge in [0.05, 0.1) is 29.7 Å². The third-order valence-corrected chi connectivity index (χ3v) is 4.91. The molecule has 7 nitrogen and oxygen atoms in total. The number of piperidine rings is 1. The van der Waals surface area contributed by atoms with E-state index >= 15 is 0 Å². The molecule has 4 heterocycles. The van der Waals surface area contributed by atoms with Crippen LogP contribution in [0.25, 0.3) is 17.0 Å². The molecule has 0 radical (unpaired) electrons. The van der Waals surface area contributed by atoms with Gasteiger partial charge in [-0.1, -0.05) is 6.07 Å². The second-order valence-corrected chi connectivity index (χ2v) is 7.50. The largest absolute Gasteiger partial charge is 0.386 e. The van der Waals surface area contributed by atoms with Gasteiger partial charge in [0.15, 0.2) is 5.82 Å². The minimum atomic E-state index is -1.06. The van der Waals surface area contributed by atoms with E-state index in [-0.39, 0.29) is 11.6 Å². The first-order chi connectivity index (χ1) is 13.3. The van der Waals surface area contributed by atoms with Crippen LogP contribution in [0.5, 0.6) is 0 Å². The van der Waals surface area contributed by atoms with Gasteiger partial charge in [-0.15, -0.1) is 0 Å². The number of rotatable bonds is 4. The van der Waals surface area contributed by atoms with Crippen molar-refractivity contribution in [3.05, 3.63) is 42.1 Å². The van der Waals surface area contributed by atoms with Crippen molar-refractivity contribution in [1.82, 2.24) is 24.7 Å². The minimum absolute atomic E-state index is 0.0528. The van der Waals surface area contributed by atoms with Crippen LogP contribution in [0.1, 0.15) is 25.8 Å². The summed E-state index contributed by atoms with van der Waals surface area (Å²) in [6.45, 7) is 4.41. The van der Waals surface area contributed by atoms with Gasteiger partial charge in [0, 0.05) is 12.7 Å². The Morgan fingerprint density at radius 2 is 2.11 bits per heavy atom. The van der Waals surface area contributed by atoms with Gasteiger partial charge in [0.25, 0.3) is 0 Å². The number of hydrogen-bond acceptors (Lipinski definition) is 6. The molecule has 2 atom stereocenters. The normalized spacial score (nSPS) is 20.5. The molecule has 0 bridgehead atoms. The summed E-state index contributed by atoms with van der Waals surface area (Å²) >= 11 is 0. The van der Waals surface area contributed by atoms with Gasteiger partial charge in [-0.3, -0.25) is 4.40 Å². The second-order valence-electron chi connectivity index (χ2n) is 7.50. The predicted molar refractivity (Wildman–Crippen MR) is 101 cm³/mol. The molecule has 3 N–H and O–H groups in total. The Morgan fingerprint density at radius 3 is 2.86 bits per heavy atom. The highest BCUT2D eigenvalue weighted by atomic mass is 19.1. The number of alkyl halides is 1. The first-order valence-electron chi connectivity index (χ1n) is 9.17. The fourth-order valence-corrected chi connectivity index (χ4v) is 3.27. The van der Waals surface area contributed by atoms with Crippen LogP contribution in [0, 0.1) is 5.82 Å². The molecule has 4 rings (SSSR count). The maximum atomic E-state index is 14.5. The van der Waals surface area contributed by atoms with Gasteiger partial charge in [-0.05, 0) is 38.4 Å². The van der Waals surface area contributed by atoms with Crippen molar-refractivity contribution >= 4 is 11.6 Å². The van der Waals surface area contributed by atoms with Crippen LogP contribution in [0.4, 0.5) is 14.7 Å². The highest BCUT2D eigenvalue weighted by molar-refractivity contribution is 5.62. The van der Waals surface area contributed by atoms with Crippen LogP contribution >= 0.6 is 0 Å². The second kappa shape index (κ2) is 7.06. The zero-order chi connectivity index (χ0) is 19.9. The van der Waals surface area contributed by atoms with Crippen molar-refractivity contribution in [2.24, 2.45) is 0 Å². The van der Waals surface area contributed by atoms with Crippen LogP contribution in [0.15, 0.2) is 30.7 Å². The Labute approximate surface area is 160 Å². The number of imidazole rings is 1. The van der Waals surface area contributed by atoms with Gasteiger partial charge in [0.1, 0.15) is 17.5 Å². The zero-order valence-electron chi connectivity index (χ0n) is 15.7. The molecule has 3 aromatic heterocycles. The number of hydrogen-bond donors (Lipinski definition) is 3. The van der Waals surface area contributed by atoms with Crippen molar-refractivity contribution in [1.29, 1.82) is 0 Å². The maximum Gasteiger partial charge on any atom is 0.223 e. The summed E-state index contributed by atoms with van der Waals surface area (Å²) in [5, 5.41) is 16.3. The first kappa shape index (κ1) is 18.7. The van der Waals surface area contributed by atoms with Crippen LogP contribution in [0.3, 0.4) is 0 Å². The van der Waals surface area contributed by atoms with Crippen molar-refractivity contribution in [2.45, 2.75) is 38.1 Å². The number of anilines is 1. The number of fused-ring (bicyclic) bond motifs is 1. The summed E-state index contributed by atoms with van der Waals surface area (Å²) in [5.74, 6) is -0.457. The van der Waals surface area contributed by atoms with Gasteiger partial charge in [-0.25, -0.2) is 23.7 Å². The fourth-order valence-electron chi connectivity index (χ4n) is 3.27. The van der Waals surface area contributed by atoms with Crippen molar-refractivity contribution in [2.75, 3.05) is 18.4 Å². The molecule has 0 saturated carbocycles. The van der Waals surface area contributed by atoms with Gasteiger partial charge in [-0.2, -0.15) is 0 Å². The molecule has 1 saturated heterocycles. The summed E-state index contributed by atoms with van der Waals surface area (Å²) in [5.41, 5.74) is 0.660. The Kier molecular flexibility index (Phi) is 4.72. The SMILES string of the molecule is CC(C)(O)c1ccc2ncc(-c3nc(NC4CNCCC4F)ncc3F)n2c1. The van der Waals surface area contributed by atoms with Gasteiger partial charge in [0.2, 0.25) is 5.95 Å². The minimum Gasteiger partial charge on any atom is -0.386 e. The zero-order valence-corrected chi connectivity index (χ0v) is 15.7. The third kappa shape index (κ3) is 3.55. The van der Waals surface area contributed by atoms with Crippen molar-refractivity contribution < 1.29 is 13.9 Å². The third-order valence-electron chi connectivity index (χ3n) is 4.91.